The Kier molecular flexibility index (Phi) is 5.48. The quantitative estimate of drug-likeness (QED) is 0.817. The van der Waals surface area contributed by atoms with E-state index in [-0.39, 0.29) is 17.4 Å². The molecule has 3 rings (SSSR count). The van der Waals surface area contributed by atoms with Crippen LogP contribution in [0.4, 0.5) is 10.1 Å². The van der Waals surface area contributed by atoms with Gasteiger partial charge in [-0.25, -0.2) is 9.37 Å². The summed E-state index contributed by atoms with van der Waals surface area (Å²) in [6.45, 7) is 2.55. The summed E-state index contributed by atoms with van der Waals surface area (Å²) < 4.78 is 14.1. The number of benzene rings is 1. The average molecular weight is 393 g/mol. The summed E-state index contributed by atoms with van der Waals surface area (Å²) in [5, 5.41) is 3.66. The molecule has 0 saturated heterocycles. The molecule has 0 spiro atoms. The lowest BCUT2D eigenvalue weighted by Crippen LogP contribution is -2.31. The molecule has 26 heavy (non-hydrogen) atoms. The standard InChI is InChI=1S/C18H18ClFN4OS/c1-2-18(7-8-22-17(21)26-18)13-9-12(4-5-14(13)20)24-16(25)15-6-3-11(19)10-23-15/h3-6,9-10H,2,7-8H2,1H3,(H2,21,22)(H,24,25)/t18-/m0/s1. The Hall–Kier alpha value is -2.12. The van der Waals surface area contributed by atoms with Crippen LogP contribution in [0, 0.1) is 5.82 Å². The minimum absolute atomic E-state index is 0.230. The smallest absolute Gasteiger partial charge is 0.274 e. The highest BCUT2D eigenvalue weighted by Gasteiger charge is 2.37. The monoisotopic (exact) mass is 392 g/mol. The van der Waals surface area contributed by atoms with E-state index in [0.717, 1.165) is 0 Å². The van der Waals surface area contributed by atoms with Crippen LogP contribution in [-0.4, -0.2) is 22.6 Å². The van der Waals surface area contributed by atoms with E-state index in [1.807, 2.05) is 6.92 Å². The van der Waals surface area contributed by atoms with Crippen LogP contribution in [0.5, 0.6) is 0 Å². The van der Waals surface area contributed by atoms with Gasteiger partial charge in [0.05, 0.1) is 9.77 Å². The molecule has 1 atom stereocenters. The fraction of sp³-hybridized carbons (Fsp3) is 0.278. The van der Waals surface area contributed by atoms with Crippen molar-refractivity contribution in [2.24, 2.45) is 10.7 Å². The number of hydrogen-bond donors (Lipinski definition) is 2. The Morgan fingerprint density at radius 2 is 2.23 bits per heavy atom. The van der Waals surface area contributed by atoms with Gasteiger partial charge in [-0.1, -0.05) is 30.3 Å². The van der Waals surface area contributed by atoms with E-state index in [9.17, 15) is 9.18 Å². The van der Waals surface area contributed by atoms with Crippen LogP contribution in [0.15, 0.2) is 41.5 Å². The molecule has 2 heterocycles. The van der Waals surface area contributed by atoms with Gasteiger partial charge < -0.3 is 11.1 Å². The minimum atomic E-state index is -0.491. The van der Waals surface area contributed by atoms with Crippen molar-refractivity contribution in [1.29, 1.82) is 0 Å². The van der Waals surface area contributed by atoms with E-state index >= 15 is 0 Å². The number of anilines is 1. The van der Waals surface area contributed by atoms with Gasteiger partial charge in [-0.15, -0.1) is 0 Å². The first-order valence-corrected chi connectivity index (χ1v) is 9.35. The van der Waals surface area contributed by atoms with Crippen LogP contribution < -0.4 is 11.1 Å². The number of nitrogens with two attached hydrogens (primary N) is 1. The number of amides is 1. The Morgan fingerprint density at radius 1 is 1.42 bits per heavy atom. The van der Waals surface area contributed by atoms with Crippen LogP contribution in [-0.2, 0) is 4.75 Å². The number of amidine groups is 1. The highest BCUT2D eigenvalue weighted by Crippen LogP contribution is 2.46. The van der Waals surface area contributed by atoms with Crippen molar-refractivity contribution in [2.75, 3.05) is 11.9 Å². The lowest BCUT2D eigenvalue weighted by Gasteiger charge is -2.35. The number of carbonyl (C=O) groups is 1. The largest absolute Gasteiger partial charge is 0.379 e. The molecule has 1 aromatic carbocycles. The summed E-state index contributed by atoms with van der Waals surface area (Å²) in [4.78, 5) is 20.5. The van der Waals surface area contributed by atoms with Crippen LogP contribution in [0.1, 0.15) is 35.8 Å². The van der Waals surface area contributed by atoms with Gasteiger partial charge in [0.1, 0.15) is 11.5 Å². The molecule has 1 aromatic heterocycles. The van der Waals surface area contributed by atoms with E-state index in [1.54, 1.807) is 12.1 Å². The number of pyridine rings is 1. The highest BCUT2D eigenvalue weighted by molar-refractivity contribution is 8.14. The number of thioether (sulfide) groups is 1. The summed E-state index contributed by atoms with van der Waals surface area (Å²) in [6.07, 6.45) is 2.78. The molecular formula is C18H18ClFN4OS. The molecule has 0 saturated carbocycles. The SMILES string of the molecule is CC[C@@]1(c2cc(NC(=O)c3ccc(Cl)cn3)ccc2F)CCN=C(N)S1. The first kappa shape index (κ1) is 18.7. The van der Waals surface area contributed by atoms with Crippen molar-refractivity contribution in [3.8, 4) is 0 Å². The fourth-order valence-electron chi connectivity index (χ4n) is 2.92. The molecule has 0 aliphatic carbocycles. The zero-order valence-electron chi connectivity index (χ0n) is 14.1. The zero-order chi connectivity index (χ0) is 18.7. The average Bonchev–Trinajstić information content (AvgIpc) is 2.63. The Morgan fingerprint density at radius 3 is 2.88 bits per heavy atom. The first-order valence-electron chi connectivity index (χ1n) is 8.15. The molecule has 8 heteroatoms. The minimum Gasteiger partial charge on any atom is -0.379 e. The summed E-state index contributed by atoms with van der Waals surface area (Å²) in [6, 6.07) is 7.68. The second kappa shape index (κ2) is 7.63. The zero-order valence-corrected chi connectivity index (χ0v) is 15.7. The van der Waals surface area contributed by atoms with Crippen molar-refractivity contribution >= 4 is 40.1 Å². The Labute approximate surface area is 160 Å². The fourth-order valence-corrected chi connectivity index (χ4v) is 4.19. The Bertz CT molecular complexity index is 859. The molecule has 1 amide bonds. The number of nitrogens with one attached hydrogen (secondary N) is 1. The maximum Gasteiger partial charge on any atom is 0.274 e. The molecule has 3 N–H and O–H groups in total. The van der Waals surface area contributed by atoms with E-state index in [1.165, 1.54) is 36.2 Å². The maximum absolute atomic E-state index is 14.6. The number of halogens is 2. The van der Waals surface area contributed by atoms with Gasteiger partial charge in [-0.2, -0.15) is 0 Å². The van der Waals surface area contributed by atoms with Gasteiger partial charge in [0.25, 0.3) is 5.91 Å². The molecule has 5 nitrogen and oxygen atoms in total. The molecule has 2 aromatic rings. The number of aliphatic imine (C=N–C) groups is 1. The number of hydrogen-bond acceptors (Lipinski definition) is 5. The van der Waals surface area contributed by atoms with Crippen LogP contribution in [0.25, 0.3) is 0 Å². The predicted molar refractivity (Wildman–Crippen MR) is 104 cm³/mol. The third-order valence-corrected chi connectivity index (χ3v) is 5.99. The second-order valence-electron chi connectivity index (χ2n) is 5.93. The van der Waals surface area contributed by atoms with E-state index in [2.05, 4.69) is 15.3 Å². The number of carbonyl (C=O) groups excluding carboxylic acids is 1. The van der Waals surface area contributed by atoms with Gasteiger partial charge in [0, 0.05) is 24.0 Å². The predicted octanol–water partition coefficient (Wildman–Crippen LogP) is 4.18. The van der Waals surface area contributed by atoms with Gasteiger partial charge in [0.2, 0.25) is 0 Å². The van der Waals surface area contributed by atoms with E-state index < -0.39 is 4.75 Å². The molecule has 0 bridgehead atoms. The number of rotatable bonds is 4. The van der Waals surface area contributed by atoms with Crippen LogP contribution in [0.3, 0.4) is 0 Å². The third kappa shape index (κ3) is 3.83. The molecular weight excluding hydrogens is 375 g/mol. The lowest BCUT2D eigenvalue weighted by atomic mass is 9.91. The molecule has 0 fully saturated rings. The van der Waals surface area contributed by atoms with Gasteiger partial charge >= 0.3 is 0 Å². The Balaban J connectivity index is 1.89. The number of aromatic nitrogens is 1. The summed E-state index contributed by atoms with van der Waals surface area (Å²) >= 11 is 7.16. The normalized spacial score (nSPS) is 19.7. The van der Waals surface area contributed by atoms with E-state index in [0.29, 0.717) is 40.8 Å². The second-order valence-corrected chi connectivity index (χ2v) is 7.77. The van der Waals surface area contributed by atoms with Crippen molar-refractivity contribution in [2.45, 2.75) is 24.5 Å². The summed E-state index contributed by atoms with van der Waals surface area (Å²) in [5.74, 6) is -0.709. The van der Waals surface area contributed by atoms with Crippen molar-refractivity contribution in [1.82, 2.24) is 4.98 Å². The summed E-state index contributed by atoms with van der Waals surface area (Å²) in [5.41, 5.74) is 7.13. The van der Waals surface area contributed by atoms with Crippen molar-refractivity contribution in [3.05, 3.63) is 58.6 Å². The van der Waals surface area contributed by atoms with Gasteiger partial charge in [0.15, 0.2) is 5.17 Å². The highest BCUT2D eigenvalue weighted by atomic mass is 35.5. The number of nitrogens with zero attached hydrogens (tertiary/aromatic N) is 2. The molecule has 136 valence electrons. The summed E-state index contributed by atoms with van der Waals surface area (Å²) in [7, 11) is 0. The van der Waals surface area contributed by atoms with Crippen LogP contribution in [0.2, 0.25) is 5.02 Å². The molecule has 1 aliphatic heterocycles. The van der Waals surface area contributed by atoms with Crippen LogP contribution >= 0.6 is 23.4 Å². The topological polar surface area (TPSA) is 80.4 Å². The van der Waals surface area contributed by atoms with Crippen molar-refractivity contribution < 1.29 is 9.18 Å². The molecule has 0 unspecified atom stereocenters. The first-order chi connectivity index (χ1) is 12.4. The van der Waals surface area contributed by atoms with Gasteiger partial charge in [-0.05, 0) is 43.2 Å². The third-order valence-electron chi connectivity index (χ3n) is 4.33. The van der Waals surface area contributed by atoms with Gasteiger partial charge in [-0.3, -0.25) is 9.79 Å². The molecule has 1 aliphatic rings. The lowest BCUT2D eigenvalue weighted by molar-refractivity contribution is 0.102. The maximum atomic E-state index is 14.6. The molecule has 0 radical (unpaired) electrons. The van der Waals surface area contributed by atoms with Crippen molar-refractivity contribution in [3.63, 3.8) is 0 Å². The van der Waals surface area contributed by atoms with E-state index in [4.69, 9.17) is 17.3 Å².